The number of thioether (sulfide) groups is 1. The number of hydrogen-bond donors (Lipinski definition) is 1. The van der Waals surface area contributed by atoms with Crippen LogP contribution in [-0.2, 0) is 20.9 Å². The minimum Gasteiger partial charge on any atom is -0.481 e. The summed E-state index contributed by atoms with van der Waals surface area (Å²) in [7, 11) is 1.33. The van der Waals surface area contributed by atoms with Gasteiger partial charge in [0.05, 0.1) is 19.3 Å². The number of aryl methyl sites for hydroxylation is 2. The first-order valence-corrected chi connectivity index (χ1v) is 7.24. The second kappa shape index (κ2) is 6.57. The van der Waals surface area contributed by atoms with Crippen molar-refractivity contribution in [1.29, 1.82) is 0 Å². The summed E-state index contributed by atoms with van der Waals surface area (Å²) in [6.07, 6.45) is 1.85. The van der Waals surface area contributed by atoms with E-state index >= 15 is 0 Å². The Balaban J connectivity index is 2.37. The largest absolute Gasteiger partial charge is 0.481 e. The summed E-state index contributed by atoms with van der Waals surface area (Å²) in [6.45, 7) is 2.26. The van der Waals surface area contributed by atoms with E-state index in [1.165, 1.54) is 7.11 Å². The molecule has 21 heavy (non-hydrogen) atoms. The van der Waals surface area contributed by atoms with E-state index in [0.717, 1.165) is 22.8 Å². The number of carboxylic acid groups (broad SMARTS) is 1. The first kappa shape index (κ1) is 15.3. The summed E-state index contributed by atoms with van der Waals surface area (Å²) >= 11 is 1.11. The van der Waals surface area contributed by atoms with Crippen molar-refractivity contribution >= 4 is 34.9 Å². The number of ether oxygens (including phenoxy) is 1. The molecule has 2 heterocycles. The third-order valence-electron chi connectivity index (χ3n) is 2.89. The van der Waals surface area contributed by atoms with E-state index in [4.69, 9.17) is 5.11 Å². The molecule has 7 nitrogen and oxygen atoms in total. The average Bonchev–Trinajstić information content (AvgIpc) is 2.82. The smallest absolute Gasteiger partial charge is 0.313 e. The summed E-state index contributed by atoms with van der Waals surface area (Å²) < 4.78 is 6.39. The lowest BCUT2D eigenvalue weighted by atomic mass is 10.3. The molecular formula is C13H15N3O4S. The van der Waals surface area contributed by atoms with Gasteiger partial charge in [-0.15, -0.1) is 0 Å². The number of hydrogen-bond acceptors (Lipinski definition) is 6. The summed E-state index contributed by atoms with van der Waals surface area (Å²) in [6, 6.07) is 1.84. The Morgan fingerprint density at radius 1 is 1.48 bits per heavy atom. The molecular weight excluding hydrogens is 294 g/mol. The Bertz CT molecular complexity index is 683. The number of esters is 1. The number of methoxy groups -OCH3 is 1. The molecule has 0 unspecified atom stereocenters. The zero-order valence-electron chi connectivity index (χ0n) is 11.7. The van der Waals surface area contributed by atoms with Crippen LogP contribution in [0.1, 0.15) is 12.0 Å². The van der Waals surface area contributed by atoms with Gasteiger partial charge < -0.3 is 14.4 Å². The molecule has 0 saturated heterocycles. The maximum atomic E-state index is 11.3. The van der Waals surface area contributed by atoms with E-state index in [9.17, 15) is 9.59 Å². The number of aromatic nitrogens is 3. The van der Waals surface area contributed by atoms with Crippen LogP contribution >= 0.6 is 11.8 Å². The van der Waals surface area contributed by atoms with Gasteiger partial charge >= 0.3 is 11.9 Å². The molecule has 0 aliphatic carbocycles. The quantitative estimate of drug-likeness (QED) is 0.638. The highest BCUT2D eigenvalue weighted by molar-refractivity contribution is 7.99. The molecule has 0 bridgehead atoms. The van der Waals surface area contributed by atoms with E-state index in [-0.39, 0.29) is 18.1 Å². The summed E-state index contributed by atoms with van der Waals surface area (Å²) in [4.78, 5) is 30.8. The number of aliphatic carboxylic acids is 1. The number of rotatable bonds is 6. The van der Waals surface area contributed by atoms with E-state index in [2.05, 4.69) is 14.7 Å². The normalized spacial score (nSPS) is 10.8. The number of fused-ring (bicyclic) bond motifs is 1. The lowest BCUT2D eigenvalue weighted by Gasteiger charge is -2.06. The Morgan fingerprint density at radius 2 is 2.24 bits per heavy atom. The maximum absolute atomic E-state index is 11.3. The minimum atomic E-state index is -0.920. The molecule has 0 fully saturated rings. The fraction of sp³-hybridized carbons (Fsp3) is 0.385. The molecule has 2 rings (SSSR count). The highest BCUT2D eigenvalue weighted by Gasteiger charge is 2.16. The fourth-order valence-corrected chi connectivity index (χ4v) is 2.60. The van der Waals surface area contributed by atoms with Gasteiger partial charge in [0.2, 0.25) is 0 Å². The standard InChI is InChI=1S/C13H15N3O4S/c1-8-3-5-14-12-11(8)15-13(21-7-9(17)18)16(12)6-4-10(19)20-2/h3,5H,4,6-7H2,1-2H3,(H,17,18). The molecule has 2 aromatic heterocycles. The molecule has 2 aromatic rings. The van der Waals surface area contributed by atoms with Gasteiger partial charge in [-0.05, 0) is 18.6 Å². The monoisotopic (exact) mass is 309 g/mol. The second-order valence-electron chi connectivity index (χ2n) is 4.35. The predicted octanol–water partition coefficient (Wildman–Crippen LogP) is 1.48. The maximum Gasteiger partial charge on any atom is 0.313 e. The van der Waals surface area contributed by atoms with Crippen molar-refractivity contribution in [2.24, 2.45) is 0 Å². The topological polar surface area (TPSA) is 94.3 Å². The number of nitrogens with zero attached hydrogens (tertiary/aromatic N) is 3. The molecule has 0 radical (unpaired) electrons. The van der Waals surface area contributed by atoms with Crippen LogP contribution in [0, 0.1) is 6.92 Å². The Kier molecular flexibility index (Phi) is 4.79. The Morgan fingerprint density at radius 3 is 2.90 bits per heavy atom. The summed E-state index contributed by atoms with van der Waals surface area (Å²) in [5, 5.41) is 9.34. The molecule has 0 aliphatic heterocycles. The second-order valence-corrected chi connectivity index (χ2v) is 5.30. The number of pyridine rings is 1. The van der Waals surface area contributed by atoms with Gasteiger partial charge in [0.15, 0.2) is 10.8 Å². The van der Waals surface area contributed by atoms with E-state index in [0.29, 0.717) is 17.3 Å². The van der Waals surface area contributed by atoms with Crippen molar-refractivity contribution in [2.75, 3.05) is 12.9 Å². The summed E-state index contributed by atoms with van der Waals surface area (Å²) in [5.41, 5.74) is 2.32. The van der Waals surface area contributed by atoms with Gasteiger partial charge in [-0.3, -0.25) is 9.59 Å². The average molecular weight is 309 g/mol. The van der Waals surface area contributed by atoms with E-state index in [1.54, 1.807) is 10.8 Å². The predicted molar refractivity (Wildman–Crippen MR) is 77.3 cm³/mol. The zero-order valence-corrected chi connectivity index (χ0v) is 12.5. The molecule has 1 N–H and O–H groups in total. The van der Waals surface area contributed by atoms with Gasteiger partial charge in [-0.25, -0.2) is 9.97 Å². The molecule has 8 heteroatoms. The van der Waals surface area contributed by atoms with Gasteiger partial charge in [0.25, 0.3) is 0 Å². The third kappa shape index (κ3) is 3.52. The zero-order chi connectivity index (χ0) is 15.4. The Labute approximate surface area is 125 Å². The number of carbonyl (C=O) groups is 2. The van der Waals surface area contributed by atoms with Crippen molar-refractivity contribution in [3.63, 3.8) is 0 Å². The molecule has 0 atom stereocenters. The molecule has 0 saturated carbocycles. The first-order chi connectivity index (χ1) is 10.0. The van der Waals surface area contributed by atoms with Crippen molar-refractivity contribution in [3.05, 3.63) is 17.8 Å². The van der Waals surface area contributed by atoms with Crippen LogP contribution in [0.4, 0.5) is 0 Å². The first-order valence-electron chi connectivity index (χ1n) is 6.26. The van der Waals surface area contributed by atoms with Gasteiger partial charge in [-0.1, -0.05) is 11.8 Å². The van der Waals surface area contributed by atoms with Crippen molar-refractivity contribution < 1.29 is 19.4 Å². The van der Waals surface area contributed by atoms with Crippen molar-refractivity contribution in [2.45, 2.75) is 25.0 Å². The van der Waals surface area contributed by atoms with Crippen molar-refractivity contribution in [1.82, 2.24) is 14.5 Å². The lowest BCUT2D eigenvalue weighted by Crippen LogP contribution is -2.09. The van der Waals surface area contributed by atoms with Crippen molar-refractivity contribution in [3.8, 4) is 0 Å². The van der Waals surface area contributed by atoms with Crippen LogP contribution in [0.15, 0.2) is 17.4 Å². The SMILES string of the molecule is COC(=O)CCn1c(SCC(=O)O)nc2c(C)ccnc21. The number of carbonyl (C=O) groups excluding carboxylic acids is 1. The Hall–Kier alpha value is -2.09. The number of imidazole rings is 1. The lowest BCUT2D eigenvalue weighted by molar-refractivity contribution is -0.141. The molecule has 0 spiro atoms. The number of carboxylic acids is 1. The van der Waals surface area contributed by atoms with Crippen LogP contribution < -0.4 is 0 Å². The van der Waals surface area contributed by atoms with Crippen LogP contribution in [0.25, 0.3) is 11.2 Å². The molecule has 112 valence electrons. The minimum absolute atomic E-state index is 0.0966. The summed E-state index contributed by atoms with van der Waals surface area (Å²) in [5.74, 6) is -1.35. The molecule has 0 amide bonds. The van der Waals surface area contributed by atoms with E-state index < -0.39 is 5.97 Å². The van der Waals surface area contributed by atoms with Gasteiger partial charge in [0, 0.05) is 12.7 Å². The van der Waals surface area contributed by atoms with Crippen LogP contribution in [0.3, 0.4) is 0 Å². The third-order valence-corrected chi connectivity index (χ3v) is 3.85. The van der Waals surface area contributed by atoms with Crippen LogP contribution in [-0.4, -0.2) is 44.4 Å². The highest BCUT2D eigenvalue weighted by atomic mass is 32.2. The van der Waals surface area contributed by atoms with Crippen LogP contribution in [0.2, 0.25) is 0 Å². The van der Waals surface area contributed by atoms with Gasteiger partial charge in [0.1, 0.15) is 5.52 Å². The molecule has 0 aromatic carbocycles. The van der Waals surface area contributed by atoms with Gasteiger partial charge in [-0.2, -0.15) is 0 Å². The van der Waals surface area contributed by atoms with E-state index in [1.807, 2.05) is 13.0 Å². The van der Waals surface area contributed by atoms with Crippen LogP contribution in [0.5, 0.6) is 0 Å². The fourth-order valence-electron chi connectivity index (χ4n) is 1.86. The molecule has 0 aliphatic rings. The highest BCUT2D eigenvalue weighted by Crippen LogP contribution is 2.25.